The summed E-state index contributed by atoms with van der Waals surface area (Å²) >= 11 is 0. The van der Waals surface area contributed by atoms with Gasteiger partial charge in [0.05, 0.1) is 6.10 Å². The molecular formula is C25H22O2. The Morgan fingerprint density at radius 1 is 0.704 bits per heavy atom. The van der Waals surface area contributed by atoms with Crippen LogP contribution >= 0.6 is 0 Å². The summed E-state index contributed by atoms with van der Waals surface area (Å²) in [7, 11) is 0. The van der Waals surface area contributed by atoms with Gasteiger partial charge in [-0.05, 0) is 39.1 Å². The van der Waals surface area contributed by atoms with Crippen molar-refractivity contribution in [1.29, 1.82) is 0 Å². The van der Waals surface area contributed by atoms with Gasteiger partial charge in [-0.25, -0.2) is 0 Å². The van der Waals surface area contributed by atoms with Crippen LogP contribution in [0.15, 0.2) is 84.9 Å². The summed E-state index contributed by atoms with van der Waals surface area (Å²) in [5, 5.41) is 15.0. The molecule has 0 amide bonds. The van der Waals surface area contributed by atoms with Crippen LogP contribution in [-0.4, -0.2) is 17.0 Å². The number of aliphatic hydroxyl groups is 1. The van der Waals surface area contributed by atoms with E-state index in [9.17, 15) is 9.90 Å². The van der Waals surface area contributed by atoms with Gasteiger partial charge in [-0.15, -0.1) is 0 Å². The maximum atomic E-state index is 12.6. The Bertz CT molecular complexity index is 1090. The molecule has 1 atom stereocenters. The first-order chi connectivity index (χ1) is 13.2. The number of benzene rings is 4. The zero-order chi connectivity index (χ0) is 18.6. The number of ketones is 1. The highest BCUT2D eigenvalue weighted by atomic mass is 16.3. The molecule has 1 unspecified atom stereocenters. The normalized spacial score (nSPS) is 12.3. The molecule has 0 bridgehead atoms. The van der Waals surface area contributed by atoms with Crippen molar-refractivity contribution in [2.45, 2.75) is 25.4 Å². The first-order valence-corrected chi connectivity index (χ1v) is 9.34. The summed E-state index contributed by atoms with van der Waals surface area (Å²) in [6, 6.07) is 28.4. The minimum Gasteiger partial charge on any atom is -0.392 e. The zero-order valence-corrected chi connectivity index (χ0v) is 15.1. The van der Waals surface area contributed by atoms with Crippen LogP contribution in [0.25, 0.3) is 21.5 Å². The number of carbonyl (C=O) groups is 1. The Kier molecular flexibility index (Phi) is 4.99. The number of hydrogen-bond acceptors (Lipinski definition) is 2. The lowest BCUT2D eigenvalue weighted by Crippen LogP contribution is -2.17. The fraction of sp³-hybridized carbons (Fsp3) is 0.160. The van der Waals surface area contributed by atoms with E-state index in [-0.39, 0.29) is 12.2 Å². The molecule has 0 aliphatic heterocycles. The lowest BCUT2D eigenvalue weighted by atomic mass is 9.95. The Morgan fingerprint density at radius 2 is 1.22 bits per heavy atom. The lowest BCUT2D eigenvalue weighted by Gasteiger charge is -2.13. The molecule has 0 aliphatic rings. The molecular weight excluding hydrogens is 332 g/mol. The summed E-state index contributed by atoms with van der Waals surface area (Å²) in [5.41, 5.74) is 2.11. The fourth-order valence-corrected chi connectivity index (χ4v) is 3.79. The monoisotopic (exact) mass is 354 g/mol. The second kappa shape index (κ2) is 7.73. The summed E-state index contributed by atoms with van der Waals surface area (Å²) in [5.74, 6) is 0.0686. The predicted molar refractivity (Wildman–Crippen MR) is 111 cm³/mol. The SMILES string of the molecule is O=C(Cc1cccc2ccccc12)CC(O)Cc1cccc2ccccc12. The molecule has 1 N–H and O–H groups in total. The van der Waals surface area contributed by atoms with Gasteiger partial charge in [0.25, 0.3) is 0 Å². The largest absolute Gasteiger partial charge is 0.392 e. The molecule has 2 nitrogen and oxygen atoms in total. The van der Waals surface area contributed by atoms with Crippen LogP contribution in [0, 0.1) is 0 Å². The number of rotatable bonds is 6. The van der Waals surface area contributed by atoms with Crippen molar-refractivity contribution in [2.24, 2.45) is 0 Å². The molecule has 0 aromatic heterocycles. The van der Waals surface area contributed by atoms with E-state index in [2.05, 4.69) is 30.3 Å². The van der Waals surface area contributed by atoms with Gasteiger partial charge in [0.2, 0.25) is 0 Å². The third-order valence-electron chi connectivity index (χ3n) is 5.07. The Balaban J connectivity index is 1.46. The molecule has 134 valence electrons. The van der Waals surface area contributed by atoms with Crippen molar-refractivity contribution < 1.29 is 9.90 Å². The Hall–Kier alpha value is -2.97. The van der Waals surface area contributed by atoms with E-state index in [0.29, 0.717) is 12.8 Å². The van der Waals surface area contributed by atoms with Gasteiger partial charge in [0.15, 0.2) is 0 Å². The second-order valence-corrected chi connectivity index (χ2v) is 7.05. The minimum atomic E-state index is -0.668. The molecule has 4 aromatic carbocycles. The highest BCUT2D eigenvalue weighted by Crippen LogP contribution is 2.22. The minimum absolute atomic E-state index is 0.0686. The number of aliphatic hydroxyl groups excluding tert-OH is 1. The van der Waals surface area contributed by atoms with E-state index < -0.39 is 6.10 Å². The van der Waals surface area contributed by atoms with E-state index in [0.717, 1.165) is 32.7 Å². The molecule has 27 heavy (non-hydrogen) atoms. The first-order valence-electron chi connectivity index (χ1n) is 9.34. The molecule has 4 rings (SSSR count). The van der Waals surface area contributed by atoms with E-state index in [1.165, 1.54) is 0 Å². The van der Waals surface area contributed by atoms with Crippen molar-refractivity contribution in [1.82, 2.24) is 0 Å². The average Bonchev–Trinajstić information content (AvgIpc) is 2.68. The van der Waals surface area contributed by atoms with Crippen molar-refractivity contribution in [3.05, 3.63) is 96.1 Å². The van der Waals surface area contributed by atoms with Gasteiger partial charge >= 0.3 is 0 Å². The van der Waals surface area contributed by atoms with Crippen LogP contribution in [0.3, 0.4) is 0 Å². The highest BCUT2D eigenvalue weighted by molar-refractivity contribution is 5.91. The van der Waals surface area contributed by atoms with Crippen LogP contribution in [-0.2, 0) is 17.6 Å². The maximum absolute atomic E-state index is 12.6. The van der Waals surface area contributed by atoms with E-state index in [4.69, 9.17) is 0 Å². The molecule has 4 aromatic rings. The van der Waals surface area contributed by atoms with Gasteiger partial charge in [0, 0.05) is 12.8 Å². The van der Waals surface area contributed by atoms with Gasteiger partial charge in [0.1, 0.15) is 5.78 Å². The van der Waals surface area contributed by atoms with Crippen LogP contribution in [0.4, 0.5) is 0 Å². The summed E-state index contributed by atoms with van der Waals surface area (Å²) < 4.78 is 0. The molecule has 2 heteroatoms. The van der Waals surface area contributed by atoms with Crippen molar-refractivity contribution in [3.63, 3.8) is 0 Å². The van der Waals surface area contributed by atoms with Crippen LogP contribution in [0.2, 0.25) is 0 Å². The van der Waals surface area contributed by atoms with Crippen LogP contribution in [0.1, 0.15) is 17.5 Å². The molecule has 0 radical (unpaired) electrons. The topological polar surface area (TPSA) is 37.3 Å². The molecule has 0 fully saturated rings. The van der Waals surface area contributed by atoms with E-state index in [1.54, 1.807) is 0 Å². The quantitative estimate of drug-likeness (QED) is 0.523. The number of hydrogen-bond donors (Lipinski definition) is 1. The number of Topliss-reactive ketones (excluding diaryl/α,β-unsaturated/α-hetero) is 1. The van der Waals surface area contributed by atoms with E-state index >= 15 is 0 Å². The molecule has 0 spiro atoms. The fourth-order valence-electron chi connectivity index (χ4n) is 3.79. The van der Waals surface area contributed by atoms with Gasteiger partial charge in [-0.2, -0.15) is 0 Å². The number of fused-ring (bicyclic) bond motifs is 2. The third-order valence-corrected chi connectivity index (χ3v) is 5.07. The van der Waals surface area contributed by atoms with Crippen LogP contribution < -0.4 is 0 Å². The second-order valence-electron chi connectivity index (χ2n) is 7.05. The van der Waals surface area contributed by atoms with Crippen molar-refractivity contribution in [3.8, 4) is 0 Å². The summed E-state index contributed by atoms with van der Waals surface area (Å²) in [6.45, 7) is 0. The average molecular weight is 354 g/mol. The lowest BCUT2D eigenvalue weighted by molar-refractivity contribution is -0.120. The predicted octanol–water partition coefficient (Wildman–Crippen LogP) is 5.10. The molecule has 0 aliphatic carbocycles. The van der Waals surface area contributed by atoms with Crippen LogP contribution in [0.5, 0.6) is 0 Å². The molecule has 0 saturated heterocycles. The van der Waals surface area contributed by atoms with E-state index in [1.807, 2.05) is 54.6 Å². The van der Waals surface area contributed by atoms with Gasteiger partial charge in [-0.3, -0.25) is 4.79 Å². The summed E-state index contributed by atoms with van der Waals surface area (Å²) in [6.07, 6.45) is 0.349. The van der Waals surface area contributed by atoms with Gasteiger partial charge in [-0.1, -0.05) is 84.9 Å². The highest BCUT2D eigenvalue weighted by Gasteiger charge is 2.14. The van der Waals surface area contributed by atoms with Crippen molar-refractivity contribution >= 4 is 27.3 Å². The third kappa shape index (κ3) is 3.91. The summed E-state index contributed by atoms with van der Waals surface area (Å²) in [4.78, 5) is 12.6. The smallest absolute Gasteiger partial charge is 0.139 e. The standard InChI is InChI=1S/C25H22O2/c26-22(15-20-11-5-9-18-7-1-3-13-24(18)20)17-23(27)16-21-12-6-10-19-8-2-4-14-25(19)21/h1-14,22,26H,15-17H2. The van der Waals surface area contributed by atoms with Crippen molar-refractivity contribution in [2.75, 3.05) is 0 Å². The Morgan fingerprint density at radius 3 is 1.89 bits per heavy atom. The molecule has 0 heterocycles. The Labute approximate surface area is 159 Å². The number of carbonyl (C=O) groups excluding carboxylic acids is 1. The first kappa shape index (κ1) is 17.4. The maximum Gasteiger partial charge on any atom is 0.139 e. The molecule has 0 saturated carbocycles. The zero-order valence-electron chi connectivity index (χ0n) is 15.1. The van der Waals surface area contributed by atoms with Gasteiger partial charge < -0.3 is 5.11 Å².